The van der Waals surface area contributed by atoms with Crippen LogP contribution >= 0.6 is 0 Å². The number of benzene rings is 4. The van der Waals surface area contributed by atoms with E-state index in [0.29, 0.717) is 17.1 Å². The van der Waals surface area contributed by atoms with Crippen molar-refractivity contribution in [3.63, 3.8) is 0 Å². The molecule has 0 amide bonds. The Bertz CT molecular complexity index is 3400. The number of furan rings is 1. The number of ether oxygens (including phenoxy) is 1. The fourth-order valence-corrected chi connectivity index (χ4v) is 7.95. The molecule has 0 unspecified atom stereocenters. The first-order chi connectivity index (χ1) is 27.5. The van der Waals surface area contributed by atoms with Gasteiger partial charge < -0.3 is 18.5 Å². The molecule has 7 aromatic heterocycles. The third-order valence-electron chi connectivity index (χ3n) is 10.9. The third kappa shape index (κ3) is 5.55. The monoisotopic (exact) mass is 938 g/mol. The molecule has 58 heavy (non-hydrogen) atoms. The largest absolute Gasteiger partial charge is 2.00 e. The summed E-state index contributed by atoms with van der Waals surface area (Å²) >= 11 is 0. The van der Waals surface area contributed by atoms with Crippen LogP contribution in [-0.4, -0.2) is 33.3 Å². The molecule has 0 aliphatic carbocycles. The number of aromatic nitrogens is 7. The van der Waals surface area contributed by atoms with Crippen LogP contribution in [0.3, 0.4) is 0 Å². The van der Waals surface area contributed by atoms with Crippen LogP contribution in [0.1, 0.15) is 52.7 Å². The van der Waals surface area contributed by atoms with E-state index in [2.05, 4.69) is 92.8 Å². The Morgan fingerprint density at radius 2 is 1.45 bits per heavy atom. The molecule has 0 spiro atoms. The number of fused-ring (bicyclic) bond motifs is 12. The van der Waals surface area contributed by atoms with Gasteiger partial charge in [-0.3, -0.25) is 8.97 Å². The van der Waals surface area contributed by atoms with Crippen LogP contribution in [0.2, 0.25) is 0 Å². The van der Waals surface area contributed by atoms with Crippen LogP contribution < -0.4 is 4.74 Å². The average Bonchev–Trinajstić information content (AvgIpc) is 3.95. The Kier molecular flexibility index (Phi) is 7.99. The van der Waals surface area contributed by atoms with E-state index in [-0.39, 0.29) is 31.9 Å². The third-order valence-corrected chi connectivity index (χ3v) is 10.9. The maximum Gasteiger partial charge on any atom is 2.00 e. The summed E-state index contributed by atoms with van der Waals surface area (Å²) in [6.07, 6.45) is 5.77. The van der Waals surface area contributed by atoms with Gasteiger partial charge in [-0.2, -0.15) is 0 Å². The number of pyridine rings is 3. The average molecular weight is 939 g/mol. The fraction of sp³-hybridized carbons (Fsp3) is 0.167. The number of rotatable bonds is 4. The van der Waals surface area contributed by atoms with Gasteiger partial charge in [0.05, 0.1) is 27.6 Å². The zero-order valence-corrected chi connectivity index (χ0v) is 35.0. The predicted molar refractivity (Wildman–Crippen MR) is 226 cm³/mol. The van der Waals surface area contributed by atoms with E-state index in [1.807, 2.05) is 83.7 Å². The minimum Gasteiger partial charge on any atom is -0.503 e. The molecule has 9 nitrogen and oxygen atoms in total. The Morgan fingerprint density at radius 1 is 0.655 bits per heavy atom. The maximum atomic E-state index is 6.66. The maximum absolute atomic E-state index is 6.66. The first kappa shape index (κ1) is 36.1. The first-order valence-electron chi connectivity index (χ1n) is 19.1. The number of imidazole rings is 3. The van der Waals surface area contributed by atoms with Gasteiger partial charge in [0, 0.05) is 35.5 Å². The van der Waals surface area contributed by atoms with E-state index in [1.165, 1.54) is 5.56 Å². The van der Waals surface area contributed by atoms with Gasteiger partial charge in [-0.1, -0.05) is 90.1 Å². The Balaban J connectivity index is 0.00000408. The molecule has 0 atom stereocenters. The summed E-state index contributed by atoms with van der Waals surface area (Å²) in [5, 5.41) is 1.77. The molecule has 10 heteroatoms. The molecule has 0 saturated heterocycles. The molecule has 0 saturated carbocycles. The summed E-state index contributed by atoms with van der Waals surface area (Å²) in [7, 11) is 0. The molecular weight excluding hydrogens is 902 g/mol. The summed E-state index contributed by atoms with van der Waals surface area (Å²) in [6, 6.07) is 39.7. The SMILES string of the molecule is CC(C)(C)c1ccc(-n2c3[c-]c(Oc4[c-]c(-c5ccccn5)c5c(c4)oc4ccn6c7cc(C(C)(C)C)ccc7nc6c45)ccc3n3c4ccccc4nc23)nc1.[Pt+2]. The summed E-state index contributed by atoms with van der Waals surface area (Å²) in [6.45, 7) is 13.2. The second-order valence-corrected chi connectivity index (χ2v) is 16.8. The molecule has 0 aliphatic rings. The van der Waals surface area contributed by atoms with Crippen LogP contribution in [0.15, 0.2) is 120 Å². The number of hydrogen-bond acceptors (Lipinski definition) is 6. The van der Waals surface area contributed by atoms with Crippen molar-refractivity contribution in [3.05, 3.63) is 139 Å². The van der Waals surface area contributed by atoms with Crippen molar-refractivity contribution in [2.75, 3.05) is 0 Å². The summed E-state index contributed by atoms with van der Waals surface area (Å²) in [5.74, 6) is 2.47. The van der Waals surface area contributed by atoms with Gasteiger partial charge in [-0.15, -0.1) is 23.8 Å². The fourth-order valence-electron chi connectivity index (χ4n) is 7.95. The van der Waals surface area contributed by atoms with Crippen molar-refractivity contribution in [3.8, 4) is 28.6 Å². The van der Waals surface area contributed by atoms with Crippen molar-refractivity contribution in [2.24, 2.45) is 0 Å². The Hall–Kier alpha value is -6.31. The van der Waals surface area contributed by atoms with E-state index in [0.717, 1.165) is 83.5 Å². The molecule has 0 aliphatic heterocycles. The molecule has 0 fully saturated rings. The molecular formula is C48H37N7O2Pt. The molecule has 11 rings (SSSR count). The van der Waals surface area contributed by atoms with Crippen LogP contribution in [0, 0.1) is 12.1 Å². The molecule has 4 aromatic carbocycles. The van der Waals surface area contributed by atoms with Gasteiger partial charge in [0.1, 0.15) is 17.0 Å². The summed E-state index contributed by atoms with van der Waals surface area (Å²) in [5.41, 5.74) is 11.6. The van der Waals surface area contributed by atoms with Crippen LogP contribution in [0.4, 0.5) is 0 Å². The van der Waals surface area contributed by atoms with E-state index < -0.39 is 0 Å². The van der Waals surface area contributed by atoms with Gasteiger partial charge in [0.15, 0.2) is 0 Å². The van der Waals surface area contributed by atoms with E-state index >= 15 is 0 Å². The van der Waals surface area contributed by atoms with Gasteiger partial charge in [0.2, 0.25) is 5.78 Å². The molecule has 7 heterocycles. The predicted octanol–water partition coefficient (Wildman–Crippen LogP) is 11.6. The molecule has 286 valence electrons. The standard InChI is InChI=1S/C48H37N7O2.Pt/c1-47(2,3)28-14-17-35-38(23-28)53-22-20-40-44(45(53)51-35)43-32(33-11-9-10-21-49-33)24-31(26-41(43)57-40)56-30-16-18-37-39(25-30)55(42-19-15-29(27-50-42)48(4,5)6)46-52-34-12-7-8-13-36(34)54(37)46;/h7-23,26-27H,1-6H3;/q-2;+2. The molecule has 11 aromatic rings. The quantitative estimate of drug-likeness (QED) is 0.163. The van der Waals surface area contributed by atoms with Crippen molar-refractivity contribution in [2.45, 2.75) is 52.4 Å². The van der Waals surface area contributed by atoms with Gasteiger partial charge in [-0.25, -0.2) is 15.0 Å². The number of para-hydroxylation sites is 2. The van der Waals surface area contributed by atoms with Crippen molar-refractivity contribution in [1.29, 1.82) is 0 Å². The Morgan fingerprint density at radius 3 is 2.22 bits per heavy atom. The molecule has 0 N–H and O–H groups in total. The smallest absolute Gasteiger partial charge is 0.503 e. The van der Waals surface area contributed by atoms with E-state index in [1.54, 1.807) is 6.20 Å². The first-order valence-corrected chi connectivity index (χ1v) is 19.1. The van der Waals surface area contributed by atoms with Gasteiger partial charge in [-0.05, 0) is 86.5 Å². The minimum atomic E-state index is -0.0326. The number of nitrogens with zero attached hydrogens (tertiary/aromatic N) is 7. The topological polar surface area (TPSA) is 87.7 Å². The van der Waals surface area contributed by atoms with Crippen LogP contribution in [0.5, 0.6) is 11.5 Å². The van der Waals surface area contributed by atoms with Crippen molar-refractivity contribution < 1.29 is 30.2 Å². The number of hydrogen-bond donors (Lipinski definition) is 0. The van der Waals surface area contributed by atoms with E-state index in [9.17, 15) is 0 Å². The van der Waals surface area contributed by atoms with E-state index in [4.69, 9.17) is 29.1 Å². The molecule has 0 radical (unpaired) electrons. The van der Waals surface area contributed by atoms with Crippen molar-refractivity contribution in [1.82, 2.24) is 33.3 Å². The summed E-state index contributed by atoms with van der Waals surface area (Å²) < 4.78 is 19.6. The van der Waals surface area contributed by atoms with Crippen LogP contribution in [-0.2, 0) is 31.9 Å². The normalized spacial score (nSPS) is 12.5. The Labute approximate surface area is 348 Å². The zero-order chi connectivity index (χ0) is 38.8. The second kappa shape index (κ2) is 12.8. The summed E-state index contributed by atoms with van der Waals surface area (Å²) in [4.78, 5) is 19.9. The van der Waals surface area contributed by atoms with Crippen molar-refractivity contribution >= 4 is 66.5 Å². The minimum absolute atomic E-state index is 0. The second-order valence-electron chi connectivity index (χ2n) is 16.8. The molecule has 0 bridgehead atoms. The van der Waals surface area contributed by atoms with Crippen LogP contribution in [0.25, 0.3) is 83.5 Å². The van der Waals surface area contributed by atoms with Gasteiger partial charge >= 0.3 is 21.1 Å². The zero-order valence-electron chi connectivity index (χ0n) is 32.7. The van der Waals surface area contributed by atoms with Gasteiger partial charge in [0.25, 0.3) is 0 Å².